The van der Waals surface area contributed by atoms with Crippen LogP contribution < -0.4 is 15.2 Å². The lowest BCUT2D eigenvalue weighted by atomic mass is 10.1. The third-order valence-electron chi connectivity index (χ3n) is 3.08. The van der Waals surface area contributed by atoms with Crippen molar-refractivity contribution in [3.63, 3.8) is 0 Å². The Morgan fingerprint density at radius 2 is 2.00 bits per heavy atom. The summed E-state index contributed by atoms with van der Waals surface area (Å²) < 4.78 is 16.1. The van der Waals surface area contributed by atoms with E-state index in [2.05, 4.69) is 0 Å². The van der Waals surface area contributed by atoms with Gasteiger partial charge in [-0.15, -0.1) is 0 Å². The Morgan fingerprint density at radius 1 is 1.29 bits per heavy atom. The quantitative estimate of drug-likeness (QED) is 0.747. The molecule has 0 bridgehead atoms. The molecule has 1 rings (SSSR count). The van der Waals surface area contributed by atoms with E-state index in [4.69, 9.17) is 19.9 Å². The zero-order chi connectivity index (χ0) is 15.8. The van der Waals surface area contributed by atoms with Crippen molar-refractivity contribution in [2.24, 2.45) is 5.73 Å². The predicted octanol–water partition coefficient (Wildman–Crippen LogP) is 2.83. The van der Waals surface area contributed by atoms with Gasteiger partial charge in [0.05, 0.1) is 13.7 Å². The summed E-state index contributed by atoms with van der Waals surface area (Å²) in [5.74, 6) is 0.737. The van der Waals surface area contributed by atoms with E-state index in [-0.39, 0.29) is 12.0 Å². The van der Waals surface area contributed by atoms with Gasteiger partial charge in [0.25, 0.3) is 0 Å². The molecular formula is C16H25NO4. The number of rotatable bonds is 8. The molecule has 5 nitrogen and oxygen atoms in total. The molecule has 5 heteroatoms. The van der Waals surface area contributed by atoms with Crippen LogP contribution >= 0.6 is 0 Å². The SMILES string of the molecule is CCCC(Oc1ccc(C(C)N)cc1OC)C(=O)OCC. The second-order valence-electron chi connectivity index (χ2n) is 4.85. The highest BCUT2D eigenvalue weighted by molar-refractivity contribution is 5.75. The highest BCUT2D eigenvalue weighted by Crippen LogP contribution is 2.31. The molecule has 0 aromatic heterocycles. The van der Waals surface area contributed by atoms with Gasteiger partial charge >= 0.3 is 5.97 Å². The minimum atomic E-state index is -0.620. The molecule has 0 saturated carbocycles. The summed E-state index contributed by atoms with van der Waals surface area (Å²) in [4.78, 5) is 11.9. The predicted molar refractivity (Wildman–Crippen MR) is 81.6 cm³/mol. The molecule has 0 aliphatic carbocycles. The van der Waals surface area contributed by atoms with E-state index in [9.17, 15) is 4.79 Å². The van der Waals surface area contributed by atoms with Crippen LogP contribution in [0.3, 0.4) is 0 Å². The monoisotopic (exact) mass is 295 g/mol. The van der Waals surface area contributed by atoms with Crippen LogP contribution in [0.2, 0.25) is 0 Å². The first-order valence-electron chi connectivity index (χ1n) is 7.30. The molecule has 2 N–H and O–H groups in total. The van der Waals surface area contributed by atoms with E-state index >= 15 is 0 Å². The number of methoxy groups -OCH3 is 1. The Hall–Kier alpha value is -1.75. The number of hydrogen-bond acceptors (Lipinski definition) is 5. The molecule has 0 spiro atoms. The molecule has 1 aromatic carbocycles. The van der Waals surface area contributed by atoms with Gasteiger partial charge in [-0.25, -0.2) is 4.79 Å². The van der Waals surface area contributed by atoms with Crippen LogP contribution in [0.1, 0.15) is 45.2 Å². The van der Waals surface area contributed by atoms with Crippen LogP contribution in [-0.4, -0.2) is 25.8 Å². The van der Waals surface area contributed by atoms with Crippen LogP contribution in [0.5, 0.6) is 11.5 Å². The van der Waals surface area contributed by atoms with Crippen molar-refractivity contribution in [1.29, 1.82) is 0 Å². The third kappa shape index (κ3) is 4.93. The normalized spacial score (nSPS) is 13.4. The molecule has 0 radical (unpaired) electrons. The van der Waals surface area contributed by atoms with E-state index in [0.29, 0.717) is 24.5 Å². The van der Waals surface area contributed by atoms with E-state index in [1.165, 1.54) is 0 Å². The number of carbonyl (C=O) groups excluding carboxylic acids is 1. The average molecular weight is 295 g/mol. The fourth-order valence-corrected chi connectivity index (χ4v) is 1.94. The summed E-state index contributed by atoms with van der Waals surface area (Å²) in [6.45, 7) is 6.00. The maximum Gasteiger partial charge on any atom is 0.347 e. The number of nitrogens with two attached hydrogens (primary N) is 1. The minimum Gasteiger partial charge on any atom is -0.493 e. The molecule has 1 aromatic rings. The van der Waals surface area contributed by atoms with Crippen LogP contribution in [0.15, 0.2) is 18.2 Å². The van der Waals surface area contributed by atoms with Gasteiger partial charge in [-0.05, 0) is 38.0 Å². The Balaban J connectivity index is 2.94. The summed E-state index contributed by atoms with van der Waals surface area (Å²) in [6.07, 6.45) is 0.797. The molecule has 21 heavy (non-hydrogen) atoms. The van der Waals surface area contributed by atoms with Crippen LogP contribution in [0.4, 0.5) is 0 Å². The number of esters is 1. The van der Waals surface area contributed by atoms with Crippen molar-refractivity contribution in [3.8, 4) is 11.5 Å². The lowest BCUT2D eigenvalue weighted by Crippen LogP contribution is -2.29. The van der Waals surface area contributed by atoms with E-state index in [0.717, 1.165) is 12.0 Å². The minimum absolute atomic E-state index is 0.0931. The van der Waals surface area contributed by atoms with E-state index in [1.54, 1.807) is 20.1 Å². The summed E-state index contributed by atoms with van der Waals surface area (Å²) >= 11 is 0. The van der Waals surface area contributed by atoms with Gasteiger partial charge in [-0.3, -0.25) is 0 Å². The topological polar surface area (TPSA) is 70.8 Å². The molecule has 118 valence electrons. The van der Waals surface area contributed by atoms with Gasteiger partial charge < -0.3 is 19.9 Å². The molecule has 0 amide bonds. The fraction of sp³-hybridized carbons (Fsp3) is 0.562. The molecule has 0 heterocycles. The first-order chi connectivity index (χ1) is 10.0. The van der Waals surface area contributed by atoms with E-state index < -0.39 is 6.10 Å². The number of carbonyl (C=O) groups is 1. The Bertz CT molecular complexity index is 460. The molecular weight excluding hydrogens is 270 g/mol. The molecule has 0 aliphatic heterocycles. The number of hydrogen-bond donors (Lipinski definition) is 1. The summed E-state index contributed by atoms with van der Waals surface area (Å²) in [5.41, 5.74) is 6.80. The number of benzene rings is 1. The first-order valence-corrected chi connectivity index (χ1v) is 7.30. The van der Waals surface area contributed by atoms with Gasteiger partial charge in [0, 0.05) is 6.04 Å². The maximum absolute atomic E-state index is 11.9. The lowest BCUT2D eigenvalue weighted by molar-refractivity contribution is -0.151. The van der Waals surface area contributed by atoms with Gasteiger partial charge in [0.15, 0.2) is 17.6 Å². The molecule has 2 unspecified atom stereocenters. The van der Waals surface area contributed by atoms with E-state index in [1.807, 2.05) is 26.0 Å². The lowest BCUT2D eigenvalue weighted by Gasteiger charge is -2.19. The fourth-order valence-electron chi connectivity index (χ4n) is 1.94. The summed E-state index contributed by atoms with van der Waals surface area (Å²) in [5, 5.41) is 0. The van der Waals surface area contributed by atoms with Crippen molar-refractivity contribution in [2.75, 3.05) is 13.7 Å². The zero-order valence-corrected chi connectivity index (χ0v) is 13.2. The van der Waals surface area contributed by atoms with Gasteiger partial charge in [-0.2, -0.15) is 0 Å². The van der Waals surface area contributed by atoms with Crippen LogP contribution in [0, 0.1) is 0 Å². The van der Waals surface area contributed by atoms with Crippen LogP contribution in [0.25, 0.3) is 0 Å². The summed E-state index contributed by atoms with van der Waals surface area (Å²) in [7, 11) is 1.56. The van der Waals surface area contributed by atoms with Gasteiger partial charge in [-0.1, -0.05) is 19.4 Å². The van der Waals surface area contributed by atoms with Crippen molar-refractivity contribution in [2.45, 2.75) is 45.8 Å². The van der Waals surface area contributed by atoms with Gasteiger partial charge in [0.1, 0.15) is 0 Å². The number of ether oxygens (including phenoxy) is 3. The molecule has 0 fully saturated rings. The molecule has 0 saturated heterocycles. The van der Waals surface area contributed by atoms with Gasteiger partial charge in [0.2, 0.25) is 0 Å². The van der Waals surface area contributed by atoms with Crippen molar-refractivity contribution < 1.29 is 19.0 Å². The Labute approximate surface area is 126 Å². The van der Waals surface area contributed by atoms with Crippen LogP contribution in [-0.2, 0) is 9.53 Å². The highest BCUT2D eigenvalue weighted by atomic mass is 16.6. The average Bonchev–Trinajstić information content (AvgIpc) is 2.47. The molecule has 2 atom stereocenters. The standard InChI is InChI=1S/C16H25NO4/c1-5-7-14(16(18)20-6-2)21-13-9-8-12(11(3)17)10-15(13)19-4/h8-11,14H,5-7,17H2,1-4H3. The highest BCUT2D eigenvalue weighted by Gasteiger charge is 2.22. The Morgan fingerprint density at radius 3 is 2.52 bits per heavy atom. The largest absolute Gasteiger partial charge is 0.493 e. The third-order valence-corrected chi connectivity index (χ3v) is 3.08. The second kappa shape index (κ2) is 8.52. The smallest absolute Gasteiger partial charge is 0.347 e. The van der Waals surface area contributed by atoms with Crippen molar-refractivity contribution >= 4 is 5.97 Å². The first kappa shape index (κ1) is 17.3. The van der Waals surface area contributed by atoms with Crippen molar-refractivity contribution in [3.05, 3.63) is 23.8 Å². The summed E-state index contributed by atoms with van der Waals surface area (Å²) in [6, 6.07) is 5.38. The zero-order valence-electron chi connectivity index (χ0n) is 13.2. The maximum atomic E-state index is 11.9. The van der Waals surface area contributed by atoms with Crippen molar-refractivity contribution in [1.82, 2.24) is 0 Å². The Kier molecular flexibility index (Phi) is 7.02. The second-order valence-corrected chi connectivity index (χ2v) is 4.85. The molecule has 0 aliphatic rings.